The standard InChI is InChI=1S/C29H29ClN2O3S/c1-28(2,3)21-10-8-19(9-11-21)18-31-25-13-12-23(35-4)17-24(25)29(27(31)34)32(14-15-36-29)26(33)20-6-5-7-22(30)16-20/h5-13,16-17H,14-15,18H2,1-4H3/t29-/m0/s1. The number of benzene rings is 3. The van der Waals surface area contributed by atoms with Gasteiger partial charge in [-0.3, -0.25) is 9.59 Å². The molecule has 1 fully saturated rings. The summed E-state index contributed by atoms with van der Waals surface area (Å²) >= 11 is 7.68. The van der Waals surface area contributed by atoms with Crippen molar-refractivity contribution in [1.82, 2.24) is 4.90 Å². The van der Waals surface area contributed by atoms with Crippen LogP contribution in [0.2, 0.25) is 5.02 Å². The third kappa shape index (κ3) is 4.06. The van der Waals surface area contributed by atoms with E-state index in [2.05, 4.69) is 45.0 Å². The molecule has 1 saturated heterocycles. The second kappa shape index (κ2) is 9.16. The highest BCUT2D eigenvalue weighted by Gasteiger charge is 2.59. The maximum Gasteiger partial charge on any atom is 0.268 e. The van der Waals surface area contributed by atoms with Crippen molar-refractivity contribution in [3.63, 3.8) is 0 Å². The molecule has 0 radical (unpaired) electrons. The topological polar surface area (TPSA) is 49.9 Å². The summed E-state index contributed by atoms with van der Waals surface area (Å²) in [6.07, 6.45) is 0. The van der Waals surface area contributed by atoms with Gasteiger partial charge in [-0.15, -0.1) is 11.8 Å². The minimum atomic E-state index is -1.14. The van der Waals surface area contributed by atoms with Gasteiger partial charge in [0, 0.05) is 28.4 Å². The normalized spacial score (nSPS) is 19.2. The number of amides is 2. The van der Waals surface area contributed by atoms with Crippen molar-refractivity contribution in [3.8, 4) is 5.75 Å². The lowest BCUT2D eigenvalue weighted by molar-refractivity contribution is -0.123. The highest BCUT2D eigenvalue weighted by Crippen LogP contribution is 2.55. The van der Waals surface area contributed by atoms with Gasteiger partial charge in [0.25, 0.3) is 11.8 Å². The Balaban J connectivity index is 1.56. The Morgan fingerprint density at radius 3 is 2.50 bits per heavy atom. The molecule has 0 saturated carbocycles. The van der Waals surface area contributed by atoms with Crippen LogP contribution >= 0.6 is 23.4 Å². The van der Waals surface area contributed by atoms with E-state index in [1.54, 1.807) is 41.2 Å². The Labute approximate surface area is 221 Å². The Hall–Kier alpha value is -2.96. The summed E-state index contributed by atoms with van der Waals surface area (Å²) in [5.74, 6) is 0.993. The summed E-state index contributed by atoms with van der Waals surface area (Å²) in [6.45, 7) is 7.43. The number of hydrogen-bond acceptors (Lipinski definition) is 4. The van der Waals surface area contributed by atoms with Gasteiger partial charge in [0.1, 0.15) is 5.75 Å². The van der Waals surface area contributed by atoms with Crippen LogP contribution in [-0.2, 0) is 21.6 Å². The van der Waals surface area contributed by atoms with Gasteiger partial charge in [-0.2, -0.15) is 0 Å². The van der Waals surface area contributed by atoms with Crippen molar-refractivity contribution in [3.05, 3.63) is 94.0 Å². The Morgan fingerprint density at radius 1 is 1.08 bits per heavy atom. The zero-order chi connectivity index (χ0) is 25.7. The second-order valence-corrected chi connectivity index (χ2v) is 11.9. The van der Waals surface area contributed by atoms with Crippen LogP contribution in [0.4, 0.5) is 5.69 Å². The Kier molecular flexibility index (Phi) is 6.29. The van der Waals surface area contributed by atoms with Gasteiger partial charge in [0.15, 0.2) is 4.87 Å². The van der Waals surface area contributed by atoms with Crippen molar-refractivity contribution in [2.45, 2.75) is 37.6 Å². The molecule has 0 aliphatic carbocycles. The SMILES string of the molecule is COc1ccc2c(c1)[C@]1(SCCN1C(=O)c1cccc(Cl)c1)C(=O)N2Cc1ccc(C(C)(C)C)cc1. The number of methoxy groups -OCH3 is 1. The third-order valence-corrected chi connectivity index (χ3v) is 8.53. The van der Waals surface area contributed by atoms with E-state index in [0.29, 0.717) is 35.2 Å². The molecule has 0 aromatic heterocycles. The van der Waals surface area contributed by atoms with Gasteiger partial charge in [0.05, 0.1) is 19.3 Å². The molecule has 186 valence electrons. The molecule has 7 heteroatoms. The van der Waals surface area contributed by atoms with Crippen molar-refractivity contribution in [2.24, 2.45) is 0 Å². The summed E-state index contributed by atoms with van der Waals surface area (Å²) in [7, 11) is 1.61. The largest absolute Gasteiger partial charge is 0.497 e. The van der Waals surface area contributed by atoms with Crippen LogP contribution < -0.4 is 9.64 Å². The van der Waals surface area contributed by atoms with Gasteiger partial charge >= 0.3 is 0 Å². The predicted molar refractivity (Wildman–Crippen MR) is 146 cm³/mol. The van der Waals surface area contributed by atoms with Gasteiger partial charge in [0.2, 0.25) is 0 Å². The molecule has 5 nitrogen and oxygen atoms in total. The molecular formula is C29H29ClN2O3S. The van der Waals surface area contributed by atoms with Crippen molar-refractivity contribution in [2.75, 3.05) is 24.3 Å². The van der Waals surface area contributed by atoms with Crippen molar-refractivity contribution >= 4 is 40.9 Å². The monoisotopic (exact) mass is 520 g/mol. The molecular weight excluding hydrogens is 492 g/mol. The number of carbonyl (C=O) groups excluding carboxylic acids is 2. The fourth-order valence-electron chi connectivity index (χ4n) is 4.95. The number of fused-ring (bicyclic) bond motifs is 2. The smallest absolute Gasteiger partial charge is 0.268 e. The summed E-state index contributed by atoms with van der Waals surface area (Å²) in [5.41, 5.74) is 4.39. The molecule has 3 aromatic carbocycles. The van der Waals surface area contributed by atoms with Crippen molar-refractivity contribution in [1.29, 1.82) is 0 Å². The van der Waals surface area contributed by atoms with Gasteiger partial charge in [-0.05, 0) is 52.9 Å². The van der Waals surface area contributed by atoms with Crippen LogP contribution in [-0.4, -0.2) is 36.1 Å². The van der Waals surface area contributed by atoms with E-state index in [1.165, 1.54) is 17.3 Å². The van der Waals surface area contributed by atoms with E-state index in [9.17, 15) is 9.59 Å². The van der Waals surface area contributed by atoms with Crippen molar-refractivity contribution < 1.29 is 14.3 Å². The fourth-order valence-corrected chi connectivity index (χ4v) is 6.59. The highest BCUT2D eigenvalue weighted by molar-refractivity contribution is 8.01. The summed E-state index contributed by atoms with van der Waals surface area (Å²) in [5, 5.41) is 0.488. The average molecular weight is 521 g/mol. The molecule has 2 aliphatic heterocycles. The maximum atomic E-state index is 14.3. The molecule has 1 atom stereocenters. The predicted octanol–water partition coefficient (Wildman–Crippen LogP) is 6.23. The highest BCUT2D eigenvalue weighted by atomic mass is 35.5. The maximum absolute atomic E-state index is 14.3. The molecule has 1 spiro atoms. The lowest BCUT2D eigenvalue weighted by atomic mass is 9.87. The van der Waals surface area contributed by atoms with E-state index in [1.807, 2.05) is 18.2 Å². The first-order chi connectivity index (χ1) is 17.1. The van der Waals surface area contributed by atoms with E-state index in [4.69, 9.17) is 16.3 Å². The van der Waals surface area contributed by atoms with Gasteiger partial charge in [-0.1, -0.05) is 62.7 Å². The zero-order valence-corrected chi connectivity index (χ0v) is 22.4. The molecule has 2 amide bonds. The number of rotatable bonds is 4. The van der Waals surface area contributed by atoms with E-state index >= 15 is 0 Å². The first kappa shape index (κ1) is 24.7. The third-order valence-electron chi connectivity index (χ3n) is 6.88. The second-order valence-electron chi connectivity index (χ2n) is 10.2. The zero-order valence-electron chi connectivity index (χ0n) is 20.9. The molecule has 5 rings (SSSR count). The number of ether oxygens (including phenoxy) is 1. The van der Waals surface area contributed by atoms with E-state index in [0.717, 1.165) is 16.8 Å². The lowest BCUT2D eigenvalue weighted by Gasteiger charge is -2.33. The summed E-state index contributed by atoms with van der Waals surface area (Å²) < 4.78 is 5.51. The molecule has 2 heterocycles. The van der Waals surface area contributed by atoms with Crippen LogP contribution in [0.5, 0.6) is 5.75 Å². The van der Waals surface area contributed by atoms with E-state index in [-0.39, 0.29) is 17.2 Å². The fraction of sp³-hybridized carbons (Fsp3) is 0.310. The number of anilines is 1. The Bertz CT molecular complexity index is 1340. The quantitative estimate of drug-likeness (QED) is 0.409. The van der Waals surface area contributed by atoms with Gasteiger partial charge in [-0.25, -0.2) is 0 Å². The molecule has 0 N–H and O–H groups in total. The molecule has 3 aromatic rings. The summed E-state index contributed by atoms with van der Waals surface area (Å²) in [4.78, 5) is 30.4. The molecule has 0 unspecified atom stereocenters. The average Bonchev–Trinajstić information content (AvgIpc) is 3.40. The Morgan fingerprint density at radius 2 is 1.83 bits per heavy atom. The van der Waals surface area contributed by atoms with Crippen LogP contribution in [0.15, 0.2) is 66.7 Å². The summed E-state index contributed by atoms with van der Waals surface area (Å²) in [6, 6.07) is 21.0. The number of thioether (sulfide) groups is 1. The number of halogens is 1. The van der Waals surface area contributed by atoms with Gasteiger partial charge < -0.3 is 14.5 Å². The van der Waals surface area contributed by atoms with Crippen LogP contribution in [0.1, 0.15) is 47.8 Å². The first-order valence-electron chi connectivity index (χ1n) is 12.0. The van der Waals surface area contributed by atoms with Crippen LogP contribution in [0.25, 0.3) is 0 Å². The van der Waals surface area contributed by atoms with Crippen LogP contribution in [0.3, 0.4) is 0 Å². The number of nitrogens with zero attached hydrogens (tertiary/aromatic N) is 2. The minimum Gasteiger partial charge on any atom is -0.497 e. The molecule has 2 aliphatic rings. The minimum absolute atomic E-state index is 0.0525. The number of hydrogen-bond donors (Lipinski definition) is 0. The van der Waals surface area contributed by atoms with Crippen LogP contribution in [0, 0.1) is 0 Å². The lowest BCUT2D eigenvalue weighted by Crippen LogP contribution is -2.50. The molecule has 0 bridgehead atoms. The number of carbonyl (C=O) groups is 2. The van der Waals surface area contributed by atoms with E-state index < -0.39 is 4.87 Å². The molecule has 36 heavy (non-hydrogen) atoms. The first-order valence-corrected chi connectivity index (χ1v) is 13.3.